The van der Waals surface area contributed by atoms with Crippen LogP contribution in [0.1, 0.15) is 41.0 Å². The third kappa shape index (κ3) is 4.31. The van der Waals surface area contributed by atoms with Gasteiger partial charge in [-0.2, -0.15) is 0 Å². The van der Waals surface area contributed by atoms with E-state index in [1.807, 2.05) is 27.7 Å². The quantitative estimate of drug-likeness (QED) is 0.714. The fourth-order valence-corrected chi connectivity index (χ4v) is 1.39. The highest BCUT2D eigenvalue weighted by Crippen LogP contribution is 2.06. The second-order valence-corrected chi connectivity index (χ2v) is 4.70. The van der Waals surface area contributed by atoms with Crippen LogP contribution in [0.25, 0.3) is 0 Å². The molecule has 0 fully saturated rings. The summed E-state index contributed by atoms with van der Waals surface area (Å²) in [4.78, 5) is 23.3. The first-order chi connectivity index (χ1) is 7.31. The van der Waals surface area contributed by atoms with Gasteiger partial charge in [0.05, 0.1) is 12.1 Å². The molecule has 0 spiro atoms. The van der Waals surface area contributed by atoms with E-state index < -0.39 is 12.1 Å². The molecule has 1 amide bonds. The molecule has 0 saturated carbocycles. The summed E-state index contributed by atoms with van der Waals surface area (Å²) in [6.07, 6.45) is 0.848. The van der Waals surface area contributed by atoms with Gasteiger partial charge in [-0.15, -0.1) is 0 Å². The maximum Gasteiger partial charge on any atom is 0.237 e. The number of rotatable bonds is 6. The van der Waals surface area contributed by atoms with Crippen LogP contribution in [0.4, 0.5) is 0 Å². The second-order valence-electron chi connectivity index (χ2n) is 4.70. The maximum absolute atomic E-state index is 11.7. The molecule has 0 aliphatic carbocycles. The van der Waals surface area contributed by atoms with Crippen molar-refractivity contribution in [1.82, 2.24) is 5.32 Å². The highest BCUT2D eigenvalue weighted by Gasteiger charge is 2.24. The van der Waals surface area contributed by atoms with Crippen molar-refractivity contribution in [2.24, 2.45) is 17.6 Å². The number of hydrogen-bond acceptors (Lipinski definition) is 3. The molecule has 0 aromatic heterocycles. The van der Waals surface area contributed by atoms with Crippen LogP contribution in [-0.2, 0) is 9.59 Å². The van der Waals surface area contributed by atoms with Gasteiger partial charge >= 0.3 is 0 Å². The highest BCUT2D eigenvalue weighted by molar-refractivity contribution is 5.91. The van der Waals surface area contributed by atoms with Crippen LogP contribution >= 0.6 is 0 Å². The van der Waals surface area contributed by atoms with Gasteiger partial charge < -0.3 is 11.1 Å². The molecular formula is C12H24N2O2. The first kappa shape index (κ1) is 15.1. The molecule has 16 heavy (non-hydrogen) atoms. The Bertz CT molecular complexity index is 251. The number of amides is 1. The maximum atomic E-state index is 11.7. The molecule has 0 bridgehead atoms. The lowest BCUT2D eigenvalue weighted by Crippen LogP contribution is -2.50. The molecule has 94 valence electrons. The fourth-order valence-electron chi connectivity index (χ4n) is 1.39. The zero-order chi connectivity index (χ0) is 12.9. The van der Waals surface area contributed by atoms with E-state index in [9.17, 15) is 9.59 Å². The standard InChI is InChI=1S/C12H24N2O2/c1-6-8(4)10(13)12(16)14-9(5)11(15)7(2)3/h7-10H,6,13H2,1-5H3,(H,14,16). The average molecular weight is 228 g/mol. The van der Waals surface area contributed by atoms with Gasteiger partial charge in [0.2, 0.25) is 5.91 Å². The van der Waals surface area contributed by atoms with Crippen molar-refractivity contribution < 1.29 is 9.59 Å². The lowest BCUT2D eigenvalue weighted by atomic mass is 9.98. The number of carbonyl (C=O) groups is 2. The predicted molar refractivity (Wildman–Crippen MR) is 64.9 cm³/mol. The molecule has 0 rings (SSSR count). The fraction of sp³-hybridized carbons (Fsp3) is 0.833. The number of hydrogen-bond donors (Lipinski definition) is 2. The molecule has 3 unspecified atom stereocenters. The molecule has 0 radical (unpaired) electrons. The normalized spacial score (nSPS) is 16.7. The summed E-state index contributed by atoms with van der Waals surface area (Å²) < 4.78 is 0. The molecule has 0 aromatic rings. The van der Waals surface area contributed by atoms with Crippen LogP contribution in [0, 0.1) is 11.8 Å². The van der Waals surface area contributed by atoms with Crippen LogP contribution in [0.2, 0.25) is 0 Å². The van der Waals surface area contributed by atoms with E-state index in [-0.39, 0.29) is 23.5 Å². The highest BCUT2D eigenvalue weighted by atomic mass is 16.2. The predicted octanol–water partition coefficient (Wildman–Crippen LogP) is 1.09. The summed E-state index contributed by atoms with van der Waals surface area (Å²) in [5, 5.41) is 2.66. The van der Waals surface area contributed by atoms with Gasteiger partial charge in [0.15, 0.2) is 5.78 Å². The first-order valence-corrected chi connectivity index (χ1v) is 5.90. The average Bonchev–Trinajstić information content (AvgIpc) is 2.25. The van der Waals surface area contributed by atoms with Gasteiger partial charge in [-0.1, -0.05) is 34.1 Å². The van der Waals surface area contributed by atoms with Crippen molar-refractivity contribution in [2.75, 3.05) is 0 Å². The molecular weight excluding hydrogens is 204 g/mol. The van der Waals surface area contributed by atoms with E-state index in [4.69, 9.17) is 5.73 Å². The Labute approximate surface area is 98.0 Å². The molecule has 4 nitrogen and oxygen atoms in total. The number of nitrogens with one attached hydrogen (secondary N) is 1. The first-order valence-electron chi connectivity index (χ1n) is 5.90. The SMILES string of the molecule is CCC(C)C(N)C(=O)NC(C)C(=O)C(C)C. The smallest absolute Gasteiger partial charge is 0.237 e. The Hall–Kier alpha value is -0.900. The molecule has 0 aromatic carbocycles. The number of ketones is 1. The van der Waals surface area contributed by atoms with E-state index in [1.165, 1.54) is 0 Å². The van der Waals surface area contributed by atoms with Gasteiger partial charge in [0.1, 0.15) is 0 Å². The van der Waals surface area contributed by atoms with Crippen LogP contribution in [0.5, 0.6) is 0 Å². The lowest BCUT2D eigenvalue weighted by molar-refractivity contribution is -0.130. The van der Waals surface area contributed by atoms with Crippen molar-refractivity contribution in [2.45, 2.75) is 53.1 Å². The Morgan fingerprint density at radius 2 is 1.69 bits per heavy atom. The Balaban J connectivity index is 4.29. The molecule has 0 saturated heterocycles. The minimum absolute atomic E-state index is 0.0321. The summed E-state index contributed by atoms with van der Waals surface area (Å²) in [6.45, 7) is 9.25. The minimum atomic E-state index is -0.535. The van der Waals surface area contributed by atoms with Gasteiger partial charge in [-0.25, -0.2) is 0 Å². The van der Waals surface area contributed by atoms with Crippen LogP contribution in [-0.4, -0.2) is 23.8 Å². The largest absolute Gasteiger partial charge is 0.345 e. The van der Waals surface area contributed by atoms with E-state index in [1.54, 1.807) is 6.92 Å². The zero-order valence-electron chi connectivity index (χ0n) is 10.9. The summed E-state index contributed by atoms with van der Waals surface area (Å²) >= 11 is 0. The van der Waals surface area contributed by atoms with E-state index in [0.717, 1.165) is 6.42 Å². The molecule has 4 heteroatoms. The van der Waals surface area contributed by atoms with E-state index in [0.29, 0.717) is 0 Å². The van der Waals surface area contributed by atoms with Gasteiger partial charge in [0, 0.05) is 5.92 Å². The van der Waals surface area contributed by atoms with Gasteiger partial charge in [-0.05, 0) is 12.8 Å². The summed E-state index contributed by atoms with van der Waals surface area (Å²) in [5.74, 6) is -0.156. The second kappa shape index (κ2) is 6.63. The van der Waals surface area contributed by atoms with Crippen LogP contribution < -0.4 is 11.1 Å². The van der Waals surface area contributed by atoms with E-state index in [2.05, 4.69) is 5.32 Å². The minimum Gasteiger partial charge on any atom is -0.345 e. The summed E-state index contributed by atoms with van der Waals surface area (Å²) in [5.41, 5.74) is 5.77. The Morgan fingerprint density at radius 1 is 1.19 bits per heavy atom. The Morgan fingerprint density at radius 3 is 2.06 bits per heavy atom. The molecule has 3 N–H and O–H groups in total. The van der Waals surface area contributed by atoms with Gasteiger partial charge in [-0.3, -0.25) is 9.59 Å². The molecule has 0 aliphatic rings. The van der Waals surface area contributed by atoms with Crippen molar-refractivity contribution in [3.05, 3.63) is 0 Å². The third-order valence-corrected chi connectivity index (χ3v) is 2.91. The van der Waals surface area contributed by atoms with Gasteiger partial charge in [0.25, 0.3) is 0 Å². The van der Waals surface area contributed by atoms with E-state index >= 15 is 0 Å². The Kier molecular flexibility index (Phi) is 6.26. The molecule has 0 heterocycles. The van der Waals surface area contributed by atoms with Crippen molar-refractivity contribution >= 4 is 11.7 Å². The number of Topliss-reactive ketones (excluding diaryl/α,β-unsaturated/α-hetero) is 1. The third-order valence-electron chi connectivity index (χ3n) is 2.91. The number of nitrogens with two attached hydrogens (primary N) is 1. The van der Waals surface area contributed by atoms with Crippen molar-refractivity contribution in [1.29, 1.82) is 0 Å². The molecule has 3 atom stereocenters. The number of carbonyl (C=O) groups excluding carboxylic acids is 2. The van der Waals surface area contributed by atoms with Crippen LogP contribution in [0.15, 0.2) is 0 Å². The topological polar surface area (TPSA) is 72.2 Å². The van der Waals surface area contributed by atoms with Crippen molar-refractivity contribution in [3.8, 4) is 0 Å². The van der Waals surface area contributed by atoms with Crippen molar-refractivity contribution in [3.63, 3.8) is 0 Å². The van der Waals surface area contributed by atoms with Crippen LogP contribution in [0.3, 0.4) is 0 Å². The zero-order valence-corrected chi connectivity index (χ0v) is 10.9. The lowest BCUT2D eigenvalue weighted by Gasteiger charge is -2.21. The molecule has 0 aliphatic heterocycles. The monoisotopic (exact) mass is 228 g/mol. The summed E-state index contributed by atoms with van der Waals surface area (Å²) in [7, 11) is 0. The summed E-state index contributed by atoms with van der Waals surface area (Å²) in [6, 6.07) is -0.991.